The molecule has 0 N–H and O–H groups in total. The van der Waals surface area contributed by atoms with Crippen LogP contribution < -0.4 is 4.90 Å². The molecule has 3 aromatic rings. The average molecular weight is 540 g/mol. The number of aryl methyl sites for hydroxylation is 1. The Hall–Kier alpha value is -3.10. The Morgan fingerprint density at radius 1 is 1.13 bits per heavy atom. The van der Waals surface area contributed by atoms with Gasteiger partial charge in [-0.05, 0) is 94.2 Å². The van der Waals surface area contributed by atoms with E-state index in [1.54, 1.807) is 24.4 Å². The van der Waals surface area contributed by atoms with Crippen LogP contribution in [0.25, 0.3) is 11.5 Å². The molecule has 6 fully saturated rings. The monoisotopic (exact) mass is 539 g/mol. The molecule has 6 aliphatic rings. The third-order valence-electron chi connectivity index (χ3n) is 10.2. The lowest BCUT2D eigenvalue weighted by Gasteiger charge is -2.54. The van der Waals surface area contributed by atoms with Crippen LogP contribution in [0.5, 0.6) is 0 Å². The third-order valence-corrected chi connectivity index (χ3v) is 10.2. The van der Waals surface area contributed by atoms with Gasteiger partial charge in [0.05, 0.1) is 11.6 Å². The van der Waals surface area contributed by atoms with Gasteiger partial charge in [-0.1, -0.05) is 6.07 Å². The summed E-state index contributed by atoms with van der Waals surface area (Å²) in [6.07, 6.45) is 6.33. The summed E-state index contributed by atoms with van der Waals surface area (Å²) in [5.74, 6) is 1.71. The summed E-state index contributed by atoms with van der Waals surface area (Å²) in [7, 11) is 0. The van der Waals surface area contributed by atoms with E-state index in [9.17, 15) is 18.0 Å². The van der Waals surface area contributed by atoms with Crippen LogP contribution in [0.4, 0.5) is 18.9 Å². The van der Waals surface area contributed by atoms with E-state index in [0.29, 0.717) is 30.6 Å². The largest absolute Gasteiger partial charge is 0.445 e. The van der Waals surface area contributed by atoms with Gasteiger partial charge in [0.25, 0.3) is 6.43 Å². The van der Waals surface area contributed by atoms with Crippen molar-refractivity contribution in [3.8, 4) is 11.5 Å². The minimum atomic E-state index is -2.73. The van der Waals surface area contributed by atoms with E-state index in [1.165, 1.54) is 0 Å². The normalized spacial score (nSPS) is 32.9. The number of halogens is 3. The van der Waals surface area contributed by atoms with Crippen LogP contribution in [0.3, 0.4) is 0 Å². The first-order chi connectivity index (χ1) is 18.7. The molecule has 6 nitrogen and oxygen atoms in total. The standard InChI is InChI=1S/C30H32F3N3O3/c1-18-15-34-26(39-18)29-8-5-28(6-9-29,7-10-29)17-36(27(37)30-12-20(13-30)22(31)14-30)21-4-2-3-19(11-21)25-35-23(16-38-25)24(32)33/h2-4,11,15-16,20,22,24H,5-10,12-14,17H2,1H3. The minimum Gasteiger partial charge on any atom is -0.445 e. The van der Waals surface area contributed by atoms with E-state index in [0.717, 1.165) is 56.4 Å². The van der Waals surface area contributed by atoms with Gasteiger partial charge in [0.2, 0.25) is 17.7 Å². The van der Waals surface area contributed by atoms with Crippen LogP contribution in [0.15, 0.2) is 45.6 Å². The molecule has 2 heterocycles. The molecular weight excluding hydrogens is 507 g/mol. The predicted octanol–water partition coefficient (Wildman–Crippen LogP) is 7.34. The quantitative estimate of drug-likeness (QED) is 0.314. The van der Waals surface area contributed by atoms with Crippen LogP contribution in [-0.2, 0) is 10.2 Å². The first kappa shape index (κ1) is 24.9. The van der Waals surface area contributed by atoms with Gasteiger partial charge in [-0.3, -0.25) is 4.79 Å². The molecule has 9 heteroatoms. The van der Waals surface area contributed by atoms with Crippen molar-refractivity contribution in [2.24, 2.45) is 16.7 Å². The van der Waals surface area contributed by atoms with Crippen LogP contribution >= 0.6 is 0 Å². The van der Waals surface area contributed by atoms with Gasteiger partial charge >= 0.3 is 0 Å². The van der Waals surface area contributed by atoms with Crippen molar-refractivity contribution >= 4 is 11.6 Å². The van der Waals surface area contributed by atoms with Crippen molar-refractivity contribution < 1.29 is 26.8 Å². The summed E-state index contributed by atoms with van der Waals surface area (Å²) in [4.78, 5) is 24.6. The summed E-state index contributed by atoms with van der Waals surface area (Å²) >= 11 is 0. The first-order valence-electron chi connectivity index (χ1n) is 13.9. The van der Waals surface area contributed by atoms with Crippen molar-refractivity contribution in [1.29, 1.82) is 0 Å². The number of oxazole rings is 2. The topological polar surface area (TPSA) is 72.4 Å². The second-order valence-corrected chi connectivity index (χ2v) is 12.5. The highest BCUT2D eigenvalue weighted by Crippen LogP contribution is 2.62. The van der Waals surface area contributed by atoms with Crippen molar-refractivity contribution in [3.05, 3.63) is 54.1 Å². The summed E-state index contributed by atoms with van der Waals surface area (Å²) in [6, 6.07) is 7.19. The molecule has 1 atom stereocenters. The fourth-order valence-electron chi connectivity index (χ4n) is 7.82. The highest BCUT2D eigenvalue weighted by atomic mass is 19.3. The molecule has 0 spiro atoms. The van der Waals surface area contributed by atoms with Gasteiger partial charge < -0.3 is 13.7 Å². The molecule has 1 aromatic carbocycles. The second kappa shape index (κ2) is 8.70. The summed E-state index contributed by atoms with van der Waals surface area (Å²) in [6.45, 7) is 2.47. The molecule has 1 unspecified atom stereocenters. The molecule has 9 rings (SSSR count). The van der Waals surface area contributed by atoms with Crippen molar-refractivity contribution in [3.63, 3.8) is 0 Å². The number of rotatable bonds is 7. The number of carbonyl (C=O) groups is 1. The Labute approximate surface area is 225 Å². The molecule has 0 saturated heterocycles. The first-order valence-corrected chi connectivity index (χ1v) is 13.9. The van der Waals surface area contributed by atoms with E-state index in [-0.39, 0.29) is 35.0 Å². The maximum atomic E-state index is 14.5. The van der Waals surface area contributed by atoms with E-state index in [4.69, 9.17) is 8.83 Å². The molecule has 206 valence electrons. The molecular formula is C30H32F3N3O3. The Balaban J connectivity index is 1.19. The lowest BCUT2D eigenvalue weighted by molar-refractivity contribution is -0.132. The molecule has 39 heavy (non-hydrogen) atoms. The predicted molar refractivity (Wildman–Crippen MR) is 137 cm³/mol. The number of fused-ring (bicyclic) bond motifs is 4. The van der Waals surface area contributed by atoms with Crippen LogP contribution in [-0.4, -0.2) is 28.6 Å². The van der Waals surface area contributed by atoms with E-state index in [2.05, 4.69) is 9.97 Å². The van der Waals surface area contributed by atoms with Gasteiger partial charge in [0.15, 0.2) is 0 Å². The number of amides is 1. The number of nitrogens with zero attached hydrogens (tertiary/aromatic N) is 3. The fraction of sp³-hybridized carbons (Fsp3) is 0.567. The third kappa shape index (κ3) is 3.94. The summed E-state index contributed by atoms with van der Waals surface area (Å²) in [5.41, 5.74) is 0.0501. The van der Waals surface area contributed by atoms with E-state index < -0.39 is 23.7 Å². The zero-order chi connectivity index (χ0) is 27.0. The highest BCUT2D eigenvalue weighted by Gasteiger charge is 2.62. The smallest absolute Gasteiger partial charge is 0.283 e. The number of hydrogen-bond acceptors (Lipinski definition) is 5. The average Bonchev–Trinajstić information content (AvgIpc) is 3.71. The number of aromatic nitrogens is 2. The number of alkyl halides is 3. The van der Waals surface area contributed by atoms with Crippen molar-refractivity contribution in [2.45, 2.75) is 82.7 Å². The Kier molecular flexibility index (Phi) is 5.56. The van der Waals surface area contributed by atoms with Gasteiger partial charge in [-0.15, -0.1) is 0 Å². The summed E-state index contributed by atoms with van der Waals surface area (Å²) in [5, 5.41) is 0. The maximum absolute atomic E-state index is 14.5. The Bertz CT molecular complexity index is 1380. The second-order valence-electron chi connectivity index (χ2n) is 12.5. The van der Waals surface area contributed by atoms with Crippen LogP contribution in [0, 0.1) is 23.7 Å². The van der Waals surface area contributed by atoms with Crippen molar-refractivity contribution in [2.75, 3.05) is 11.4 Å². The molecule has 0 aliphatic heterocycles. The van der Waals surface area contributed by atoms with Gasteiger partial charge in [-0.2, -0.15) is 0 Å². The zero-order valence-electron chi connectivity index (χ0n) is 22.0. The summed E-state index contributed by atoms with van der Waals surface area (Å²) < 4.78 is 52.1. The number of benzene rings is 1. The number of carbonyl (C=O) groups excluding carboxylic acids is 1. The van der Waals surface area contributed by atoms with Gasteiger partial charge in [0.1, 0.15) is 23.9 Å². The van der Waals surface area contributed by atoms with Crippen LogP contribution in [0.2, 0.25) is 0 Å². The van der Waals surface area contributed by atoms with E-state index >= 15 is 0 Å². The Morgan fingerprint density at radius 3 is 2.46 bits per heavy atom. The zero-order valence-corrected chi connectivity index (χ0v) is 22.0. The number of hydrogen-bond donors (Lipinski definition) is 0. The lowest BCUT2D eigenvalue weighted by atomic mass is 9.53. The fourth-order valence-corrected chi connectivity index (χ4v) is 7.82. The molecule has 6 saturated carbocycles. The molecule has 2 aromatic heterocycles. The molecule has 0 radical (unpaired) electrons. The van der Waals surface area contributed by atoms with E-state index in [1.807, 2.05) is 17.9 Å². The van der Waals surface area contributed by atoms with Gasteiger partial charge in [0, 0.05) is 23.2 Å². The lowest BCUT2D eigenvalue weighted by Crippen LogP contribution is -2.54. The highest BCUT2D eigenvalue weighted by molar-refractivity contribution is 5.99. The van der Waals surface area contributed by atoms with Crippen LogP contribution in [0.1, 0.15) is 81.6 Å². The molecule has 4 bridgehead atoms. The van der Waals surface area contributed by atoms with Crippen molar-refractivity contribution in [1.82, 2.24) is 9.97 Å². The molecule has 1 amide bonds. The minimum absolute atomic E-state index is 0.0168. The Morgan fingerprint density at radius 2 is 1.87 bits per heavy atom. The van der Waals surface area contributed by atoms with Gasteiger partial charge in [-0.25, -0.2) is 23.1 Å². The number of anilines is 1. The maximum Gasteiger partial charge on any atom is 0.283 e. The molecule has 6 aliphatic carbocycles. The SMILES string of the molecule is Cc1cnc(C23CCC(CN(C(=O)C45CC(F)C(C4)C5)c4cccc(-c5nc(C(F)F)co5)c4)(CC2)CC3)o1.